The second-order valence-electron chi connectivity index (χ2n) is 11.5. The average Bonchev–Trinajstić information content (AvgIpc) is 3.08. The normalized spacial score (nSPS) is 22.4. The fourth-order valence-corrected chi connectivity index (χ4v) is 6.14. The van der Waals surface area contributed by atoms with E-state index in [4.69, 9.17) is 16.3 Å². The van der Waals surface area contributed by atoms with Crippen molar-refractivity contribution in [2.75, 3.05) is 45.2 Å². The maximum Gasteiger partial charge on any atom is 0.337 e. The van der Waals surface area contributed by atoms with Gasteiger partial charge in [-0.15, -0.1) is 0 Å². The number of ether oxygens (including phenoxy) is 1. The van der Waals surface area contributed by atoms with Crippen molar-refractivity contribution in [3.05, 3.63) is 70.3 Å². The molecule has 7 nitrogen and oxygen atoms in total. The van der Waals surface area contributed by atoms with E-state index in [2.05, 4.69) is 34.9 Å². The van der Waals surface area contributed by atoms with Crippen molar-refractivity contribution in [3.63, 3.8) is 0 Å². The predicted octanol–water partition coefficient (Wildman–Crippen LogP) is 5.29. The summed E-state index contributed by atoms with van der Waals surface area (Å²) in [5.74, 6) is -0.0190. The summed E-state index contributed by atoms with van der Waals surface area (Å²) in [6, 6.07) is 11.2. The highest BCUT2D eigenvalue weighted by Gasteiger charge is 2.38. The van der Waals surface area contributed by atoms with E-state index in [9.17, 15) is 20.1 Å². The minimum absolute atomic E-state index is 0.0801. The highest BCUT2D eigenvalue weighted by atomic mass is 35.5. The standard InChI is InChI=1S/C32H43ClN2O5/c1-4-7-21-16-25(33)11-13-26(21)24-19-35(18-23-9-12-27(23)29(36)8-5-6-15-34(2)3)28-17-22(31(37)32(38)39)10-14-30(28)40-20-24/h5-6,10-11,13-14,16-17,23-24,27,29,31,36-37H,4,7-9,12,15,18-20H2,1-3H3,(H,38,39)/b6-5-. The van der Waals surface area contributed by atoms with Gasteiger partial charge in [-0.3, -0.25) is 0 Å². The van der Waals surface area contributed by atoms with E-state index in [0.29, 0.717) is 36.8 Å². The number of hydrogen-bond acceptors (Lipinski definition) is 6. The molecule has 2 aromatic carbocycles. The molecule has 0 saturated heterocycles. The van der Waals surface area contributed by atoms with E-state index >= 15 is 0 Å². The molecule has 218 valence electrons. The quantitative estimate of drug-likeness (QED) is 0.299. The van der Waals surface area contributed by atoms with Gasteiger partial charge in [-0.05, 0) is 92.6 Å². The minimum atomic E-state index is -1.61. The van der Waals surface area contributed by atoms with E-state index < -0.39 is 18.2 Å². The molecule has 8 heteroatoms. The van der Waals surface area contributed by atoms with Crippen LogP contribution in [0.3, 0.4) is 0 Å². The Balaban J connectivity index is 1.60. The van der Waals surface area contributed by atoms with Crippen LogP contribution in [0.1, 0.15) is 61.3 Å². The van der Waals surface area contributed by atoms with E-state index in [1.165, 1.54) is 11.1 Å². The molecular weight excluding hydrogens is 528 g/mol. The van der Waals surface area contributed by atoms with Crippen molar-refractivity contribution in [2.24, 2.45) is 11.8 Å². The van der Waals surface area contributed by atoms with Crippen molar-refractivity contribution >= 4 is 23.3 Å². The van der Waals surface area contributed by atoms with Gasteiger partial charge < -0.3 is 29.9 Å². The van der Waals surface area contributed by atoms with Crippen LogP contribution in [0.15, 0.2) is 48.6 Å². The Bertz CT molecular complexity index is 1190. The number of carbonyl (C=O) groups is 1. The molecule has 5 unspecified atom stereocenters. The van der Waals surface area contributed by atoms with E-state index in [1.807, 2.05) is 26.2 Å². The van der Waals surface area contributed by atoms with Crippen molar-refractivity contribution in [1.82, 2.24) is 4.90 Å². The average molecular weight is 571 g/mol. The SMILES string of the molecule is CCCc1cc(Cl)ccc1C1COc2ccc(C(O)C(=O)O)cc2N(CC2CCC2C(O)C/C=C\CN(C)C)C1. The van der Waals surface area contributed by atoms with Crippen LogP contribution < -0.4 is 9.64 Å². The number of rotatable bonds is 12. The number of carboxylic acid groups (broad SMARTS) is 1. The largest absolute Gasteiger partial charge is 0.491 e. The van der Waals surface area contributed by atoms with Gasteiger partial charge in [0, 0.05) is 30.6 Å². The Morgan fingerprint density at radius 3 is 2.65 bits per heavy atom. The molecular formula is C32H43ClN2O5. The summed E-state index contributed by atoms with van der Waals surface area (Å²) in [5, 5.41) is 31.4. The van der Waals surface area contributed by atoms with Crippen LogP contribution in [0.25, 0.3) is 0 Å². The van der Waals surface area contributed by atoms with Gasteiger partial charge in [0.2, 0.25) is 0 Å². The van der Waals surface area contributed by atoms with Crippen LogP contribution in [-0.2, 0) is 11.2 Å². The number of aliphatic hydroxyl groups excluding tert-OH is 2. The predicted molar refractivity (Wildman–Crippen MR) is 159 cm³/mol. The third-order valence-electron chi connectivity index (χ3n) is 8.26. The monoisotopic (exact) mass is 570 g/mol. The maximum absolute atomic E-state index is 11.5. The highest BCUT2D eigenvalue weighted by Crippen LogP contribution is 2.43. The Kier molecular flexibility index (Phi) is 10.5. The molecule has 0 aromatic heterocycles. The summed E-state index contributed by atoms with van der Waals surface area (Å²) >= 11 is 6.36. The lowest BCUT2D eigenvalue weighted by atomic mass is 9.69. The fraction of sp³-hybridized carbons (Fsp3) is 0.531. The Morgan fingerprint density at radius 1 is 1.18 bits per heavy atom. The molecule has 2 aliphatic rings. The molecule has 0 radical (unpaired) electrons. The molecule has 0 bridgehead atoms. The minimum Gasteiger partial charge on any atom is -0.491 e. The van der Waals surface area contributed by atoms with Crippen LogP contribution >= 0.6 is 11.6 Å². The number of fused-ring (bicyclic) bond motifs is 1. The molecule has 40 heavy (non-hydrogen) atoms. The number of nitrogens with zero attached hydrogens (tertiary/aromatic N) is 2. The first kappa shape index (κ1) is 30.4. The Morgan fingerprint density at radius 2 is 1.98 bits per heavy atom. The van der Waals surface area contributed by atoms with Gasteiger partial charge in [-0.2, -0.15) is 0 Å². The fourth-order valence-electron chi connectivity index (χ4n) is 5.95. The van der Waals surface area contributed by atoms with Gasteiger partial charge in [0.1, 0.15) is 5.75 Å². The van der Waals surface area contributed by atoms with Crippen LogP contribution in [0.5, 0.6) is 5.75 Å². The van der Waals surface area contributed by atoms with Crippen molar-refractivity contribution in [1.29, 1.82) is 0 Å². The van der Waals surface area contributed by atoms with Gasteiger partial charge >= 0.3 is 5.97 Å². The van der Waals surface area contributed by atoms with Crippen LogP contribution in [0.2, 0.25) is 5.02 Å². The summed E-state index contributed by atoms with van der Waals surface area (Å²) < 4.78 is 6.33. The zero-order valence-corrected chi connectivity index (χ0v) is 24.6. The smallest absolute Gasteiger partial charge is 0.337 e. The molecule has 0 amide bonds. The molecule has 0 spiro atoms. The molecule has 1 heterocycles. The van der Waals surface area contributed by atoms with Gasteiger partial charge in [-0.25, -0.2) is 4.79 Å². The summed E-state index contributed by atoms with van der Waals surface area (Å²) in [6.07, 6.45) is 6.74. The van der Waals surface area contributed by atoms with Gasteiger partial charge in [0.05, 0.1) is 18.4 Å². The van der Waals surface area contributed by atoms with Crippen LogP contribution in [0.4, 0.5) is 5.69 Å². The summed E-state index contributed by atoms with van der Waals surface area (Å²) in [7, 11) is 4.05. The third-order valence-corrected chi connectivity index (χ3v) is 8.49. The molecule has 1 aliphatic carbocycles. The number of hydrogen-bond donors (Lipinski definition) is 3. The zero-order valence-electron chi connectivity index (χ0n) is 23.8. The first-order valence-corrected chi connectivity index (χ1v) is 14.7. The lowest BCUT2D eigenvalue weighted by Crippen LogP contribution is -2.44. The van der Waals surface area contributed by atoms with Gasteiger partial charge in [0.15, 0.2) is 6.10 Å². The molecule has 1 saturated carbocycles. The number of likely N-dealkylation sites (N-methyl/N-ethyl adjacent to an activating group) is 1. The summed E-state index contributed by atoms with van der Waals surface area (Å²) in [4.78, 5) is 15.9. The van der Waals surface area contributed by atoms with E-state index in [1.54, 1.807) is 18.2 Å². The lowest BCUT2D eigenvalue weighted by molar-refractivity contribution is -0.146. The number of benzene rings is 2. The van der Waals surface area contributed by atoms with E-state index in [0.717, 1.165) is 49.5 Å². The molecule has 5 atom stereocenters. The van der Waals surface area contributed by atoms with Crippen molar-refractivity contribution in [3.8, 4) is 5.75 Å². The second kappa shape index (κ2) is 13.9. The Hall–Kier alpha value is -2.58. The first-order valence-electron chi connectivity index (χ1n) is 14.4. The number of aliphatic hydroxyl groups is 2. The van der Waals surface area contributed by atoms with Crippen LogP contribution in [0, 0.1) is 11.8 Å². The number of aryl methyl sites for hydroxylation is 1. The topological polar surface area (TPSA) is 93.5 Å². The number of halogens is 1. The van der Waals surface area contributed by atoms with Gasteiger partial charge in [0.25, 0.3) is 0 Å². The number of aliphatic carboxylic acids is 1. The summed E-state index contributed by atoms with van der Waals surface area (Å²) in [6.45, 7) is 4.89. The molecule has 2 aromatic rings. The third kappa shape index (κ3) is 7.38. The van der Waals surface area contributed by atoms with E-state index in [-0.39, 0.29) is 11.8 Å². The first-order chi connectivity index (χ1) is 19.2. The highest BCUT2D eigenvalue weighted by molar-refractivity contribution is 6.30. The maximum atomic E-state index is 11.5. The van der Waals surface area contributed by atoms with Crippen molar-refractivity contribution in [2.45, 2.75) is 57.2 Å². The summed E-state index contributed by atoms with van der Waals surface area (Å²) in [5.41, 5.74) is 3.55. The molecule has 4 rings (SSSR count). The number of anilines is 1. The van der Waals surface area contributed by atoms with Crippen LogP contribution in [-0.4, -0.2) is 72.6 Å². The van der Waals surface area contributed by atoms with Gasteiger partial charge in [-0.1, -0.05) is 49.2 Å². The second-order valence-corrected chi connectivity index (χ2v) is 11.9. The molecule has 1 aliphatic heterocycles. The lowest BCUT2D eigenvalue weighted by Gasteiger charge is -2.43. The number of carboxylic acids is 1. The molecule has 1 fully saturated rings. The van der Waals surface area contributed by atoms with Crippen molar-refractivity contribution < 1.29 is 24.9 Å². The Labute approximate surface area is 243 Å². The zero-order chi connectivity index (χ0) is 28.8. The molecule has 3 N–H and O–H groups in total.